The minimum absolute atomic E-state index is 0. The summed E-state index contributed by atoms with van der Waals surface area (Å²) in [4.78, 5) is 41.7. The van der Waals surface area contributed by atoms with Crippen LogP contribution in [0.15, 0.2) is 0 Å². The Morgan fingerprint density at radius 3 is 0.755 bits per heavy atom. The molecule has 0 saturated heterocycles. The van der Waals surface area contributed by atoms with Crippen molar-refractivity contribution in [2.24, 2.45) is 11.8 Å². The molecule has 0 radical (unpaired) electrons. The van der Waals surface area contributed by atoms with Crippen molar-refractivity contribution in [1.29, 1.82) is 0 Å². The van der Waals surface area contributed by atoms with Crippen LogP contribution in [0.25, 0.3) is 0 Å². The molecule has 0 N–H and O–H groups in total. The van der Waals surface area contributed by atoms with E-state index in [-0.39, 0.29) is 45.9 Å². The molecule has 0 aromatic carbocycles. The number of rotatable bonds is 34. The van der Waals surface area contributed by atoms with Crippen LogP contribution >= 0.6 is 0 Å². The molecule has 0 rings (SSSR count). The van der Waals surface area contributed by atoms with Crippen LogP contribution < -0.4 is 0 Å². The van der Waals surface area contributed by atoms with E-state index in [1.54, 1.807) is 0 Å². The summed E-state index contributed by atoms with van der Waals surface area (Å²) in [5, 5.41) is 0. The van der Waals surface area contributed by atoms with Crippen molar-refractivity contribution in [1.82, 2.24) is 0 Å². The van der Waals surface area contributed by atoms with Gasteiger partial charge in [0.15, 0.2) is 0 Å². The summed E-state index contributed by atoms with van der Waals surface area (Å²) in [6.07, 6.45) is 35.1. The molecule has 0 saturated carbocycles. The Balaban J connectivity index is -0.000000846. The fraction of sp³-hybridized carbons (Fsp3) is 0.952. The molecule has 6 nitrogen and oxygen atoms in total. The zero-order valence-corrected chi connectivity index (χ0v) is 35.6. The zero-order chi connectivity index (χ0) is 36.1. The SMILES string of the molecule is CC(C)CCCCCCCCCCCCCCC(=O)OOC(C)C.CC(C)CCCCCCCCCCCCCCC(=O)OOC(C)C.[Ti]. The van der Waals surface area contributed by atoms with E-state index < -0.39 is 0 Å². The fourth-order valence-electron chi connectivity index (χ4n) is 5.56. The van der Waals surface area contributed by atoms with Crippen molar-refractivity contribution < 1.29 is 50.9 Å². The molecule has 292 valence electrons. The molecule has 0 aliphatic carbocycles. The summed E-state index contributed by atoms with van der Waals surface area (Å²) in [5.41, 5.74) is 0. The molecule has 0 spiro atoms. The van der Waals surface area contributed by atoms with Gasteiger partial charge in [-0.05, 0) is 52.4 Å². The molecular weight excluding hydrogens is 648 g/mol. The van der Waals surface area contributed by atoms with Crippen molar-refractivity contribution in [2.75, 3.05) is 0 Å². The van der Waals surface area contributed by atoms with Gasteiger partial charge in [-0.15, -0.1) is 0 Å². The van der Waals surface area contributed by atoms with Crippen molar-refractivity contribution >= 4 is 11.9 Å². The van der Waals surface area contributed by atoms with E-state index in [9.17, 15) is 9.59 Å². The Hall–Kier alpha value is -0.426. The van der Waals surface area contributed by atoms with Crippen molar-refractivity contribution in [2.45, 2.75) is 247 Å². The maximum Gasteiger partial charge on any atom is 0.342 e. The van der Waals surface area contributed by atoms with Crippen molar-refractivity contribution in [3.05, 3.63) is 0 Å². The van der Waals surface area contributed by atoms with Crippen molar-refractivity contribution in [3.63, 3.8) is 0 Å². The average Bonchev–Trinajstić information content (AvgIpc) is 3.03. The van der Waals surface area contributed by atoms with Gasteiger partial charge in [-0.3, -0.25) is 9.78 Å². The molecule has 0 aliphatic heterocycles. The first-order valence-corrected chi connectivity index (χ1v) is 20.8. The van der Waals surface area contributed by atoms with Crippen LogP contribution in [0, 0.1) is 11.8 Å². The predicted octanol–water partition coefficient (Wildman–Crippen LogP) is 14.0. The molecule has 0 atom stereocenters. The van der Waals surface area contributed by atoms with Gasteiger partial charge < -0.3 is 0 Å². The van der Waals surface area contributed by atoms with Gasteiger partial charge in [0.05, 0.1) is 12.2 Å². The van der Waals surface area contributed by atoms with Crippen LogP contribution in [0.2, 0.25) is 0 Å². The van der Waals surface area contributed by atoms with Crippen LogP contribution in [0.3, 0.4) is 0 Å². The van der Waals surface area contributed by atoms with Gasteiger partial charge in [-0.2, -0.15) is 9.78 Å². The first-order valence-electron chi connectivity index (χ1n) is 20.8. The number of unbranched alkanes of at least 4 members (excludes halogenated alkanes) is 22. The third kappa shape index (κ3) is 52.0. The second-order valence-corrected chi connectivity index (χ2v) is 15.6. The summed E-state index contributed by atoms with van der Waals surface area (Å²) in [5.74, 6) is 1.25. The summed E-state index contributed by atoms with van der Waals surface area (Å²) in [6, 6.07) is 0. The molecule has 0 aliphatic rings. The molecule has 0 aromatic heterocycles. The third-order valence-corrected chi connectivity index (χ3v) is 8.49. The van der Waals surface area contributed by atoms with Crippen LogP contribution in [0.5, 0.6) is 0 Å². The molecule has 0 aromatic rings. The van der Waals surface area contributed by atoms with Gasteiger partial charge in [-0.1, -0.05) is 182 Å². The molecule has 0 fully saturated rings. The quantitative estimate of drug-likeness (QED) is 0.0284. The van der Waals surface area contributed by atoms with E-state index in [0.29, 0.717) is 12.8 Å². The second kappa shape index (κ2) is 42.0. The van der Waals surface area contributed by atoms with Crippen LogP contribution in [-0.2, 0) is 50.9 Å². The molecule has 0 bridgehead atoms. The maximum atomic E-state index is 11.3. The summed E-state index contributed by atoms with van der Waals surface area (Å²) >= 11 is 0. The molecule has 49 heavy (non-hydrogen) atoms. The Labute approximate surface area is 320 Å². The van der Waals surface area contributed by atoms with Gasteiger partial charge in [0.1, 0.15) is 0 Å². The smallest absolute Gasteiger partial charge is 0.298 e. The van der Waals surface area contributed by atoms with Gasteiger partial charge in [0.2, 0.25) is 0 Å². The van der Waals surface area contributed by atoms with Crippen LogP contribution in [0.4, 0.5) is 0 Å². The predicted molar refractivity (Wildman–Crippen MR) is 204 cm³/mol. The Kier molecular flexibility index (Phi) is 45.4. The van der Waals surface area contributed by atoms with Gasteiger partial charge in [0, 0.05) is 34.6 Å². The Morgan fingerprint density at radius 1 is 0.347 bits per heavy atom. The molecule has 0 amide bonds. The Morgan fingerprint density at radius 2 is 0.551 bits per heavy atom. The minimum atomic E-state index is -0.239. The van der Waals surface area contributed by atoms with Gasteiger partial charge in [0.25, 0.3) is 0 Å². The van der Waals surface area contributed by atoms with E-state index in [4.69, 9.17) is 9.78 Å². The van der Waals surface area contributed by atoms with E-state index in [1.165, 1.54) is 141 Å². The average molecular weight is 733 g/mol. The minimum Gasteiger partial charge on any atom is -0.298 e. The first-order chi connectivity index (χ1) is 23.0. The number of hydrogen-bond donors (Lipinski definition) is 0. The normalized spacial score (nSPS) is 11.2. The molecule has 7 heteroatoms. The standard InChI is InChI=1S/2C21H42O3.Ti/c2*1-19(2)17-15-13-11-9-7-5-6-8-10-12-14-16-18-21(22)24-23-20(3)4;/h2*19-20H,5-18H2,1-4H3;. The number of carbonyl (C=O) groups is 2. The molecular formula is C42H84O6Ti. The number of hydrogen-bond acceptors (Lipinski definition) is 6. The van der Waals surface area contributed by atoms with E-state index in [1.807, 2.05) is 27.7 Å². The van der Waals surface area contributed by atoms with Crippen LogP contribution in [0.1, 0.15) is 235 Å². The summed E-state index contributed by atoms with van der Waals surface area (Å²) in [7, 11) is 0. The monoisotopic (exact) mass is 733 g/mol. The second-order valence-electron chi connectivity index (χ2n) is 15.6. The van der Waals surface area contributed by atoms with Crippen LogP contribution in [-0.4, -0.2) is 24.1 Å². The largest absolute Gasteiger partial charge is 0.342 e. The van der Waals surface area contributed by atoms with Gasteiger partial charge >= 0.3 is 11.9 Å². The third-order valence-electron chi connectivity index (χ3n) is 8.49. The van der Waals surface area contributed by atoms with Crippen molar-refractivity contribution in [3.8, 4) is 0 Å². The Bertz CT molecular complexity index is 612. The van der Waals surface area contributed by atoms with E-state index in [0.717, 1.165) is 37.5 Å². The fourth-order valence-corrected chi connectivity index (χ4v) is 5.56. The number of carbonyl (C=O) groups excluding carboxylic acids is 2. The maximum absolute atomic E-state index is 11.3. The van der Waals surface area contributed by atoms with Gasteiger partial charge in [-0.25, -0.2) is 9.59 Å². The topological polar surface area (TPSA) is 71.1 Å². The first kappa shape index (κ1) is 52.9. The molecule has 0 heterocycles. The van der Waals surface area contributed by atoms with E-state index in [2.05, 4.69) is 37.5 Å². The zero-order valence-electron chi connectivity index (χ0n) is 34.1. The molecule has 0 unspecified atom stereocenters. The van der Waals surface area contributed by atoms with E-state index >= 15 is 0 Å². The summed E-state index contributed by atoms with van der Waals surface area (Å²) in [6.45, 7) is 16.6. The summed E-state index contributed by atoms with van der Waals surface area (Å²) < 4.78 is 0.